The van der Waals surface area contributed by atoms with Crippen molar-refractivity contribution in [3.8, 4) is 16.9 Å². The Labute approximate surface area is 168 Å². The molecule has 0 aromatic heterocycles. The van der Waals surface area contributed by atoms with Crippen LogP contribution in [0.25, 0.3) is 11.1 Å². The van der Waals surface area contributed by atoms with Crippen molar-refractivity contribution < 1.29 is 27.5 Å². The second-order valence-electron chi connectivity index (χ2n) is 6.37. The minimum Gasteiger partial charge on any atom is -0.507 e. The predicted molar refractivity (Wildman–Crippen MR) is 103 cm³/mol. The van der Waals surface area contributed by atoms with Gasteiger partial charge in [0.15, 0.2) is 0 Å². The van der Waals surface area contributed by atoms with Gasteiger partial charge in [0.25, 0.3) is 5.91 Å². The molecular weight excluding hydrogens is 410 g/mol. The Morgan fingerprint density at radius 2 is 1.76 bits per heavy atom. The Morgan fingerprint density at radius 1 is 1.03 bits per heavy atom. The van der Waals surface area contributed by atoms with Gasteiger partial charge in [-0.2, -0.15) is 13.2 Å². The van der Waals surface area contributed by atoms with E-state index in [1.54, 1.807) is 6.92 Å². The standard InChI is InChI=1S/C21H14ClF4NO2/c1-11-6-15(23)3-4-17(11)12-7-13(21(24,25)26)9-16(8-12)27-20(29)18-10-14(22)2-5-19(18)28/h2-10,28H,1H3,(H,27,29). The molecule has 3 rings (SSSR count). The van der Waals surface area contributed by atoms with Crippen molar-refractivity contribution in [3.63, 3.8) is 0 Å². The summed E-state index contributed by atoms with van der Waals surface area (Å²) in [6.45, 7) is 1.57. The van der Waals surface area contributed by atoms with Gasteiger partial charge in [0.1, 0.15) is 11.6 Å². The fraction of sp³-hybridized carbons (Fsp3) is 0.0952. The molecule has 0 heterocycles. The van der Waals surface area contributed by atoms with Crippen molar-refractivity contribution >= 4 is 23.2 Å². The van der Waals surface area contributed by atoms with Crippen LogP contribution in [0.5, 0.6) is 5.75 Å². The average Bonchev–Trinajstić information content (AvgIpc) is 2.62. The second-order valence-corrected chi connectivity index (χ2v) is 6.81. The number of nitrogens with one attached hydrogen (secondary N) is 1. The number of benzene rings is 3. The van der Waals surface area contributed by atoms with Crippen molar-refractivity contribution in [3.05, 3.63) is 82.1 Å². The van der Waals surface area contributed by atoms with Crippen molar-refractivity contribution in [2.75, 3.05) is 5.32 Å². The molecule has 0 spiro atoms. The summed E-state index contributed by atoms with van der Waals surface area (Å²) in [4.78, 5) is 12.4. The Balaban J connectivity index is 2.06. The van der Waals surface area contributed by atoms with Gasteiger partial charge in [-0.25, -0.2) is 4.39 Å². The van der Waals surface area contributed by atoms with E-state index < -0.39 is 23.5 Å². The summed E-state index contributed by atoms with van der Waals surface area (Å²) in [7, 11) is 0. The summed E-state index contributed by atoms with van der Waals surface area (Å²) in [5.74, 6) is -1.71. The molecule has 0 fully saturated rings. The van der Waals surface area contributed by atoms with Gasteiger partial charge in [-0.05, 0) is 72.1 Å². The number of hydrogen-bond acceptors (Lipinski definition) is 2. The highest BCUT2D eigenvalue weighted by atomic mass is 35.5. The van der Waals surface area contributed by atoms with Crippen molar-refractivity contribution in [1.29, 1.82) is 0 Å². The molecule has 0 saturated carbocycles. The highest BCUT2D eigenvalue weighted by Gasteiger charge is 2.31. The van der Waals surface area contributed by atoms with E-state index in [1.165, 1.54) is 36.4 Å². The Morgan fingerprint density at radius 3 is 2.41 bits per heavy atom. The number of aromatic hydroxyl groups is 1. The molecule has 29 heavy (non-hydrogen) atoms. The number of carbonyl (C=O) groups is 1. The first kappa shape index (κ1) is 20.7. The largest absolute Gasteiger partial charge is 0.507 e. The normalized spacial score (nSPS) is 11.4. The van der Waals surface area contributed by atoms with Crippen LogP contribution in [-0.2, 0) is 6.18 Å². The first-order valence-corrected chi connectivity index (χ1v) is 8.71. The number of rotatable bonds is 3. The summed E-state index contributed by atoms with van der Waals surface area (Å²) >= 11 is 5.81. The fourth-order valence-corrected chi connectivity index (χ4v) is 3.03. The van der Waals surface area contributed by atoms with Crippen LogP contribution in [0.15, 0.2) is 54.6 Å². The third kappa shape index (κ3) is 4.68. The summed E-state index contributed by atoms with van der Waals surface area (Å²) < 4.78 is 53.5. The van der Waals surface area contributed by atoms with Crippen LogP contribution in [0, 0.1) is 12.7 Å². The molecule has 0 aliphatic heterocycles. The molecule has 0 radical (unpaired) electrons. The van der Waals surface area contributed by atoms with E-state index in [4.69, 9.17) is 11.6 Å². The molecule has 0 saturated heterocycles. The molecule has 2 N–H and O–H groups in total. The van der Waals surface area contributed by atoms with Gasteiger partial charge >= 0.3 is 6.18 Å². The van der Waals surface area contributed by atoms with E-state index in [0.29, 0.717) is 11.1 Å². The number of carbonyl (C=O) groups excluding carboxylic acids is 1. The number of aryl methyl sites for hydroxylation is 1. The predicted octanol–water partition coefficient (Wildman–Crippen LogP) is 6.43. The SMILES string of the molecule is Cc1cc(F)ccc1-c1cc(NC(=O)c2cc(Cl)ccc2O)cc(C(F)(F)F)c1. The summed E-state index contributed by atoms with van der Waals surface area (Å²) in [6, 6.07) is 10.5. The minimum absolute atomic E-state index is 0.136. The Hall–Kier alpha value is -3.06. The zero-order chi connectivity index (χ0) is 21.3. The molecule has 0 unspecified atom stereocenters. The zero-order valence-electron chi connectivity index (χ0n) is 14.9. The zero-order valence-corrected chi connectivity index (χ0v) is 15.7. The maximum absolute atomic E-state index is 13.4. The number of amides is 1. The molecule has 1 amide bonds. The second kappa shape index (κ2) is 7.75. The lowest BCUT2D eigenvalue weighted by atomic mass is 9.97. The van der Waals surface area contributed by atoms with Crippen LogP contribution in [0.3, 0.4) is 0 Å². The number of hydrogen-bond donors (Lipinski definition) is 2. The van der Waals surface area contributed by atoms with Crippen LogP contribution in [0.4, 0.5) is 23.2 Å². The smallest absolute Gasteiger partial charge is 0.416 e. The van der Waals surface area contributed by atoms with E-state index in [9.17, 15) is 27.5 Å². The van der Waals surface area contributed by atoms with E-state index in [0.717, 1.165) is 18.2 Å². The Kier molecular flexibility index (Phi) is 5.53. The molecule has 8 heteroatoms. The quantitative estimate of drug-likeness (QED) is 0.477. The van der Waals surface area contributed by atoms with Crippen molar-refractivity contribution in [2.24, 2.45) is 0 Å². The molecule has 0 atom stereocenters. The van der Waals surface area contributed by atoms with Crippen LogP contribution < -0.4 is 5.32 Å². The lowest BCUT2D eigenvalue weighted by Crippen LogP contribution is -2.14. The van der Waals surface area contributed by atoms with Crippen molar-refractivity contribution in [2.45, 2.75) is 13.1 Å². The van der Waals surface area contributed by atoms with Gasteiger partial charge in [-0.3, -0.25) is 4.79 Å². The van der Waals surface area contributed by atoms with Crippen LogP contribution >= 0.6 is 11.6 Å². The van der Waals surface area contributed by atoms with E-state index >= 15 is 0 Å². The van der Waals surface area contributed by atoms with Crippen LogP contribution in [0.1, 0.15) is 21.5 Å². The molecule has 0 bridgehead atoms. The average molecular weight is 424 g/mol. The molecule has 150 valence electrons. The number of halogens is 5. The van der Waals surface area contributed by atoms with Crippen LogP contribution in [0.2, 0.25) is 5.02 Å². The number of phenolic OH excluding ortho intramolecular Hbond substituents is 1. The molecule has 3 aromatic carbocycles. The maximum atomic E-state index is 13.4. The van der Waals surface area contributed by atoms with Gasteiger partial charge < -0.3 is 10.4 Å². The first-order chi connectivity index (χ1) is 13.5. The molecule has 3 nitrogen and oxygen atoms in total. The third-order valence-corrected chi connectivity index (χ3v) is 4.46. The molecule has 0 aliphatic rings. The highest BCUT2D eigenvalue weighted by Crippen LogP contribution is 2.36. The monoisotopic (exact) mass is 423 g/mol. The lowest BCUT2D eigenvalue weighted by Gasteiger charge is -2.15. The van der Waals surface area contributed by atoms with Crippen LogP contribution in [-0.4, -0.2) is 11.0 Å². The van der Waals surface area contributed by atoms with E-state index in [2.05, 4.69) is 5.32 Å². The molecule has 3 aromatic rings. The maximum Gasteiger partial charge on any atom is 0.416 e. The number of phenols is 1. The molecule has 0 aliphatic carbocycles. The number of alkyl halides is 3. The van der Waals surface area contributed by atoms with Gasteiger partial charge in [-0.15, -0.1) is 0 Å². The summed E-state index contributed by atoms with van der Waals surface area (Å²) in [5, 5.41) is 12.4. The van der Waals surface area contributed by atoms with Gasteiger partial charge in [0.2, 0.25) is 0 Å². The van der Waals surface area contributed by atoms with Gasteiger partial charge in [0.05, 0.1) is 11.1 Å². The summed E-state index contributed by atoms with van der Waals surface area (Å²) in [5.41, 5.74) is -0.322. The lowest BCUT2D eigenvalue weighted by molar-refractivity contribution is -0.137. The van der Waals surface area contributed by atoms with Gasteiger partial charge in [-0.1, -0.05) is 17.7 Å². The highest BCUT2D eigenvalue weighted by molar-refractivity contribution is 6.31. The third-order valence-electron chi connectivity index (χ3n) is 4.22. The van der Waals surface area contributed by atoms with Crippen molar-refractivity contribution in [1.82, 2.24) is 0 Å². The topological polar surface area (TPSA) is 49.3 Å². The summed E-state index contributed by atoms with van der Waals surface area (Å²) in [6.07, 6.45) is -4.67. The number of anilines is 1. The first-order valence-electron chi connectivity index (χ1n) is 8.33. The Bertz CT molecular complexity index is 1100. The fourth-order valence-electron chi connectivity index (χ4n) is 2.86. The molecular formula is C21H14ClF4NO2. The minimum atomic E-state index is -4.67. The van der Waals surface area contributed by atoms with E-state index in [-0.39, 0.29) is 27.6 Å². The van der Waals surface area contributed by atoms with E-state index in [1.807, 2.05) is 0 Å². The van der Waals surface area contributed by atoms with Gasteiger partial charge in [0, 0.05) is 10.7 Å².